The Labute approximate surface area is 110 Å². The van der Waals surface area contributed by atoms with Crippen LogP contribution in [-0.4, -0.2) is 39.0 Å². The fourth-order valence-corrected chi connectivity index (χ4v) is 1.58. The molecule has 1 heterocycles. The molecule has 0 aliphatic carbocycles. The van der Waals surface area contributed by atoms with E-state index in [1.807, 2.05) is 0 Å². The summed E-state index contributed by atoms with van der Waals surface area (Å²) < 4.78 is 12.1. The van der Waals surface area contributed by atoms with Gasteiger partial charge in [0, 0.05) is 12.5 Å². The van der Waals surface area contributed by atoms with Crippen LogP contribution in [0, 0.1) is 0 Å². The van der Waals surface area contributed by atoms with Crippen LogP contribution in [0.3, 0.4) is 0 Å². The lowest BCUT2D eigenvalue weighted by Gasteiger charge is -2.12. The van der Waals surface area contributed by atoms with E-state index in [1.54, 1.807) is 23.9 Å². The third-order valence-electron chi connectivity index (χ3n) is 2.66. The van der Waals surface area contributed by atoms with Crippen LogP contribution in [0.25, 0.3) is 0 Å². The van der Waals surface area contributed by atoms with Gasteiger partial charge in [-0.1, -0.05) is 0 Å². The molecule has 0 bridgehead atoms. The summed E-state index contributed by atoms with van der Waals surface area (Å²) in [6.45, 7) is 0.183. The predicted molar refractivity (Wildman–Crippen MR) is 68.2 cm³/mol. The first-order valence-electron chi connectivity index (χ1n) is 5.61. The minimum absolute atomic E-state index is 0.183. The second-order valence-electron chi connectivity index (χ2n) is 3.87. The van der Waals surface area contributed by atoms with Crippen LogP contribution in [0.2, 0.25) is 0 Å². The molecule has 2 rings (SSSR count). The van der Waals surface area contributed by atoms with Crippen molar-refractivity contribution in [3.05, 3.63) is 30.4 Å². The highest BCUT2D eigenvalue weighted by Gasteiger charge is 2.18. The molecule has 2 N–H and O–H groups in total. The molecule has 0 unspecified atom stereocenters. The largest absolute Gasteiger partial charge is 0.497 e. The first-order valence-corrected chi connectivity index (χ1v) is 5.61. The molecule has 0 spiro atoms. The van der Waals surface area contributed by atoms with E-state index in [1.165, 1.54) is 19.5 Å². The standard InChI is InChI=1S/C11H14BN3O4/c1-15-11(13-7-14-15)6-19-10-4-3-8(18-2)5-9(10)12(16)17/h3-5,7,16-17H,6H2,1-2H3. The van der Waals surface area contributed by atoms with Crippen LogP contribution in [0.4, 0.5) is 0 Å². The maximum absolute atomic E-state index is 9.32. The summed E-state index contributed by atoms with van der Waals surface area (Å²) in [6.07, 6.45) is 1.43. The Balaban J connectivity index is 2.17. The molecular formula is C11H14BN3O4. The Morgan fingerprint density at radius 3 is 2.74 bits per heavy atom. The van der Waals surface area contributed by atoms with Crippen molar-refractivity contribution < 1.29 is 19.5 Å². The molecule has 0 saturated heterocycles. The first kappa shape index (κ1) is 13.4. The van der Waals surface area contributed by atoms with Crippen LogP contribution in [0.1, 0.15) is 5.82 Å². The Morgan fingerprint density at radius 2 is 2.16 bits per heavy atom. The highest BCUT2D eigenvalue weighted by Crippen LogP contribution is 2.16. The summed E-state index contributed by atoms with van der Waals surface area (Å²) >= 11 is 0. The number of hydrogen-bond donors (Lipinski definition) is 2. The molecule has 8 heteroatoms. The van der Waals surface area contributed by atoms with Gasteiger partial charge in [-0.15, -0.1) is 0 Å². The number of aryl methyl sites for hydroxylation is 1. The van der Waals surface area contributed by atoms with E-state index in [2.05, 4.69) is 10.1 Å². The van der Waals surface area contributed by atoms with Crippen molar-refractivity contribution in [3.63, 3.8) is 0 Å². The fourth-order valence-electron chi connectivity index (χ4n) is 1.58. The quantitative estimate of drug-likeness (QED) is 0.678. The molecule has 100 valence electrons. The molecule has 19 heavy (non-hydrogen) atoms. The summed E-state index contributed by atoms with van der Waals surface area (Å²) in [5.41, 5.74) is 0.238. The first-order chi connectivity index (χ1) is 9.11. The molecule has 0 atom stereocenters. The zero-order valence-electron chi connectivity index (χ0n) is 10.6. The SMILES string of the molecule is COc1ccc(OCc2ncnn2C)c(B(O)O)c1. The van der Waals surface area contributed by atoms with Crippen molar-refractivity contribution in [1.29, 1.82) is 0 Å². The lowest BCUT2D eigenvalue weighted by atomic mass is 9.79. The lowest BCUT2D eigenvalue weighted by Crippen LogP contribution is -2.31. The Kier molecular flexibility index (Phi) is 4.03. The van der Waals surface area contributed by atoms with E-state index in [4.69, 9.17) is 9.47 Å². The summed E-state index contributed by atoms with van der Waals surface area (Å²) in [7, 11) is 1.62. The van der Waals surface area contributed by atoms with Gasteiger partial charge in [-0.3, -0.25) is 4.68 Å². The number of rotatable bonds is 5. The Morgan fingerprint density at radius 1 is 1.37 bits per heavy atom. The van der Waals surface area contributed by atoms with Crippen LogP contribution in [0.15, 0.2) is 24.5 Å². The van der Waals surface area contributed by atoms with E-state index in [-0.39, 0.29) is 12.1 Å². The maximum atomic E-state index is 9.32. The Bertz CT molecular complexity index is 559. The van der Waals surface area contributed by atoms with E-state index in [0.717, 1.165) is 0 Å². The molecule has 1 aromatic carbocycles. The van der Waals surface area contributed by atoms with Crippen LogP contribution in [0.5, 0.6) is 11.5 Å². The zero-order valence-corrected chi connectivity index (χ0v) is 10.6. The topological polar surface area (TPSA) is 89.6 Å². The van der Waals surface area contributed by atoms with Gasteiger partial charge in [0.05, 0.1) is 7.11 Å². The van der Waals surface area contributed by atoms with Gasteiger partial charge in [-0.2, -0.15) is 5.10 Å². The van der Waals surface area contributed by atoms with Crippen molar-refractivity contribution >= 4 is 12.6 Å². The van der Waals surface area contributed by atoms with Gasteiger partial charge in [-0.25, -0.2) is 4.98 Å². The van der Waals surface area contributed by atoms with Crippen molar-refractivity contribution in [3.8, 4) is 11.5 Å². The minimum atomic E-state index is -1.63. The van der Waals surface area contributed by atoms with Gasteiger partial charge in [0.25, 0.3) is 0 Å². The van der Waals surface area contributed by atoms with Gasteiger partial charge in [0.15, 0.2) is 5.82 Å². The van der Waals surface area contributed by atoms with E-state index < -0.39 is 7.12 Å². The molecule has 1 aromatic heterocycles. The highest BCUT2D eigenvalue weighted by molar-refractivity contribution is 6.59. The monoisotopic (exact) mass is 263 g/mol. The van der Waals surface area contributed by atoms with Crippen LogP contribution >= 0.6 is 0 Å². The molecule has 0 radical (unpaired) electrons. The number of ether oxygens (including phenoxy) is 2. The third kappa shape index (κ3) is 3.04. The summed E-state index contributed by atoms with van der Waals surface area (Å²) in [4.78, 5) is 4.02. The van der Waals surface area contributed by atoms with Crippen LogP contribution < -0.4 is 14.9 Å². The van der Waals surface area contributed by atoms with E-state index in [0.29, 0.717) is 17.3 Å². The number of methoxy groups -OCH3 is 1. The summed E-state index contributed by atoms with van der Waals surface area (Å²) in [5.74, 6) is 1.52. The van der Waals surface area contributed by atoms with E-state index >= 15 is 0 Å². The van der Waals surface area contributed by atoms with Crippen molar-refractivity contribution in [2.24, 2.45) is 7.05 Å². The molecule has 7 nitrogen and oxygen atoms in total. The molecule has 0 aliphatic rings. The molecule has 0 fully saturated rings. The molecule has 2 aromatic rings. The lowest BCUT2D eigenvalue weighted by molar-refractivity contribution is 0.290. The fraction of sp³-hybridized carbons (Fsp3) is 0.273. The summed E-state index contributed by atoms with van der Waals surface area (Å²) in [6, 6.07) is 4.80. The number of benzene rings is 1. The van der Waals surface area contributed by atoms with Crippen molar-refractivity contribution in [1.82, 2.24) is 14.8 Å². The van der Waals surface area contributed by atoms with Crippen molar-refractivity contribution in [2.45, 2.75) is 6.61 Å². The summed E-state index contributed by atoms with van der Waals surface area (Å²) in [5, 5.41) is 22.6. The molecular weight excluding hydrogens is 249 g/mol. The predicted octanol–water partition coefficient (Wildman–Crippen LogP) is -0.918. The van der Waals surface area contributed by atoms with Gasteiger partial charge in [0.2, 0.25) is 0 Å². The van der Waals surface area contributed by atoms with Crippen molar-refractivity contribution in [2.75, 3.05) is 7.11 Å². The van der Waals surface area contributed by atoms with Gasteiger partial charge >= 0.3 is 7.12 Å². The van der Waals surface area contributed by atoms with Crippen LogP contribution in [-0.2, 0) is 13.7 Å². The normalized spacial score (nSPS) is 10.3. The van der Waals surface area contributed by atoms with E-state index in [9.17, 15) is 10.0 Å². The van der Waals surface area contributed by atoms with Gasteiger partial charge in [0.1, 0.15) is 24.4 Å². The maximum Gasteiger partial charge on any atom is 0.492 e. The molecule has 0 aliphatic heterocycles. The number of hydrogen-bond acceptors (Lipinski definition) is 6. The number of nitrogens with zero attached hydrogens (tertiary/aromatic N) is 3. The smallest absolute Gasteiger partial charge is 0.492 e. The highest BCUT2D eigenvalue weighted by atomic mass is 16.5. The van der Waals surface area contributed by atoms with Gasteiger partial charge < -0.3 is 19.5 Å². The third-order valence-corrected chi connectivity index (χ3v) is 2.66. The average Bonchev–Trinajstić information content (AvgIpc) is 2.81. The Hall–Kier alpha value is -2.06. The molecule has 0 saturated carbocycles. The second kappa shape index (κ2) is 5.72. The molecule has 0 amide bonds. The minimum Gasteiger partial charge on any atom is -0.497 e. The second-order valence-corrected chi connectivity index (χ2v) is 3.87. The number of aromatic nitrogens is 3. The van der Waals surface area contributed by atoms with Gasteiger partial charge in [-0.05, 0) is 18.2 Å². The zero-order chi connectivity index (χ0) is 13.8. The average molecular weight is 263 g/mol.